The lowest BCUT2D eigenvalue weighted by molar-refractivity contribution is 0.104. The van der Waals surface area contributed by atoms with Gasteiger partial charge in [-0.05, 0) is 42.0 Å². The number of benzene rings is 1. The molecule has 1 aromatic carbocycles. The number of imidazole rings is 1. The van der Waals surface area contributed by atoms with E-state index in [9.17, 15) is 4.79 Å². The van der Waals surface area contributed by atoms with Crippen LogP contribution in [0.25, 0.3) is 6.08 Å². The maximum Gasteiger partial charge on any atom is 0.231 e. The minimum atomic E-state index is -0.179. The number of allylic oxidation sites excluding steroid dienone is 1. The van der Waals surface area contributed by atoms with Crippen molar-refractivity contribution in [2.24, 2.45) is 7.05 Å². The highest BCUT2D eigenvalue weighted by Gasteiger charge is 2.15. The van der Waals surface area contributed by atoms with E-state index in [0.29, 0.717) is 22.8 Å². The summed E-state index contributed by atoms with van der Waals surface area (Å²) in [6.45, 7) is 0.173. The van der Waals surface area contributed by atoms with E-state index in [2.05, 4.69) is 4.98 Å². The van der Waals surface area contributed by atoms with E-state index in [1.165, 1.54) is 6.08 Å². The average Bonchev–Trinajstić information content (AvgIpc) is 3.02. The first-order chi connectivity index (χ1) is 10.1. The molecule has 21 heavy (non-hydrogen) atoms. The van der Waals surface area contributed by atoms with E-state index in [1.54, 1.807) is 35.9 Å². The molecule has 7 heteroatoms. The van der Waals surface area contributed by atoms with Crippen LogP contribution >= 0.6 is 23.2 Å². The van der Waals surface area contributed by atoms with Crippen LogP contribution in [0, 0.1) is 0 Å². The standard InChI is InChI=1S/C14H10Cl2N2O3/c1-18-9(13(15)17-14(18)16)3-4-10(19)8-2-5-11-12(6-8)21-7-20-11/h2-6H,7H2,1H3. The molecule has 0 bridgehead atoms. The van der Waals surface area contributed by atoms with Crippen LogP contribution in [0.3, 0.4) is 0 Å². The summed E-state index contributed by atoms with van der Waals surface area (Å²) in [6.07, 6.45) is 2.99. The lowest BCUT2D eigenvalue weighted by atomic mass is 10.1. The smallest absolute Gasteiger partial charge is 0.231 e. The van der Waals surface area contributed by atoms with Crippen molar-refractivity contribution in [1.82, 2.24) is 9.55 Å². The third-order valence-corrected chi connectivity index (χ3v) is 3.71. The maximum absolute atomic E-state index is 12.2. The lowest BCUT2D eigenvalue weighted by Gasteiger charge is -2.00. The van der Waals surface area contributed by atoms with Crippen LogP contribution in [0.1, 0.15) is 16.1 Å². The molecule has 2 heterocycles. The molecule has 0 radical (unpaired) electrons. The Morgan fingerprint density at radius 1 is 1.33 bits per heavy atom. The molecule has 0 N–H and O–H groups in total. The van der Waals surface area contributed by atoms with Gasteiger partial charge in [-0.25, -0.2) is 4.98 Å². The Balaban J connectivity index is 1.84. The highest BCUT2D eigenvalue weighted by molar-refractivity contribution is 6.33. The second-order valence-corrected chi connectivity index (χ2v) is 5.08. The van der Waals surface area contributed by atoms with Gasteiger partial charge >= 0.3 is 0 Å². The van der Waals surface area contributed by atoms with Crippen molar-refractivity contribution >= 4 is 35.1 Å². The van der Waals surface area contributed by atoms with Gasteiger partial charge in [0.1, 0.15) is 0 Å². The zero-order chi connectivity index (χ0) is 15.0. The van der Waals surface area contributed by atoms with Crippen molar-refractivity contribution in [2.45, 2.75) is 0 Å². The first-order valence-electron chi connectivity index (χ1n) is 6.06. The molecular formula is C14H10Cl2N2O3. The van der Waals surface area contributed by atoms with Gasteiger partial charge in [-0.1, -0.05) is 11.6 Å². The number of carbonyl (C=O) groups excluding carboxylic acids is 1. The molecule has 1 aliphatic rings. The van der Waals surface area contributed by atoms with Gasteiger partial charge in [0.25, 0.3) is 0 Å². The number of hydrogen-bond acceptors (Lipinski definition) is 4. The van der Waals surface area contributed by atoms with Gasteiger partial charge < -0.3 is 14.0 Å². The fraction of sp³-hybridized carbons (Fsp3) is 0.143. The summed E-state index contributed by atoms with van der Waals surface area (Å²) < 4.78 is 12.0. The van der Waals surface area contributed by atoms with Gasteiger partial charge in [-0.15, -0.1) is 0 Å². The lowest BCUT2D eigenvalue weighted by Crippen LogP contribution is -1.96. The molecule has 108 valence electrons. The SMILES string of the molecule is Cn1c(Cl)nc(Cl)c1C=CC(=O)c1ccc2c(c1)OCO2. The molecule has 0 amide bonds. The Morgan fingerprint density at radius 3 is 2.81 bits per heavy atom. The summed E-state index contributed by atoms with van der Waals surface area (Å²) in [5, 5.41) is 0.507. The second kappa shape index (κ2) is 5.42. The monoisotopic (exact) mass is 324 g/mol. The van der Waals surface area contributed by atoms with E-state index in [4.69, 9.17) is 32.7 Å². The predicted molar refractivity (Wildman–Crippen MR) is 79.2 cm³/mol. The Hall–Kier alpha value is -1.98. The highest BCUT2D eigenvalue weighted by Crippen LogP contribution is 2.32. The minimum absolute atomic E-state index is 0.173. The molecule has 0 fully saturated rings. The Kier molecular flexibility index (Phi) is 3.61. The fourth-order valence-electron chi connectivity index (χ4n) is 1.93. The van der Waals surface area contributed by atoms with Crippen LogP contribution in [0.2, 0.25) is 10.4 Å². The van der Waals surface area contributed by atoms with Crippen molar-refractivity contribution in [1.29, 1.82) is 0 Å². The number of aromatic nitrogens is 2. The van der Waals surface area contributed by atoms with Crippen LogP contribution in [0.4, 0.5) is 0 Å². The third-order valence-electron chi connectivity index (χ3n) is 3.09. The van der Waals surface area contributed by atoms with Crippen molar-refractivity contribution in [3.8, 4) is 11.5 Å². The van der Waals surface area contributed by atoms with E-state index >= 15 is 0 Å². The number of halogens is 2. The number of ketones is 1. The summed E-state index contributed by atoms with van der Waals surface area (Å²) in [6, 6.07) is 5.03. The maximum atomic E-state index is 12.2. The minimum Gasteiger partial charge on any atom is -0.454 e. The topological polar surface area (TPSA) is 53.4 Å². The zero-order valence-electron chi connectivity index (χ0n) is 11.0. The quantitative estimate of drug-likeness (QED) is 0.641. The first-order valence-corrected chi connectivity index (χ1v) is 6.81. The summed E-state index contributed by atoms with van der Waals surface area (Å²) in [5.74, 6) is 1.02. The largest absolute Gasteiger partial charge is 0.454 e. The molecule has 0 aliphatic carbocycles. The predicted octanol–water partition coefficient (Wildman–Crippen LogP) is 3.35. The molecular weight excluding hydrogens is 315 g/mol. The van der Waals surface area contributed by atoms with Gasteiger partial charge in [0, 0.05) is 12.6 Å². The second-order valence-electron chi connectivity index (χ2n) is 4.38. The molecule has 0 spiro atoms. The number of fused-ring (bicyclic) bond motifs is 1. The Bertz CT molecular complexity index is 753. The van der Waals surface area contributed by atoms with Gasteiger partial charge in [0.2, 0.25) is 12.1 Å². The molecule has 0 atom stereocenters. The number of rotatable bonds is 3. The van der Waals surface area contributed by atoms with Crippen LogP contribution in [-0.4, -0.2) is 22.1 Å². The van der Waals surface area contributed by atoms with Crippen molar-refractivity contribution in [3.63, 3.8) is 0 Å². The van der Waals surface area contributed by atoms with E-state index in [-0.39, 0.29) is 23.0 Å². The molecule has 0 unspecified atom stereocenters. The molecule has 3 rings (SSSR count). The summed E-state index contributed by atoms with van der Waals surface area (Å²) in [7, 11) is 1.71. The molecule has 0 saturated heterocycles. The molecule has 1 aliphatic heterocycles. The zero-order valence-corrected chi connectivity index (χ0v) is 12.5. The van der Waals surface area contributed by atoms with Crippen molar-refractivity contribution in [2.75, 3.05) is 6.79 Å². The summed E-state index contributed by atoms with van der Waals surface area (Å²) in [4.78, 5) is 16.1. The van der Waals surface area contributed by atoms with Gasteiger partial charge in [-0.3, -0.25) is 4.79 Å². The molecule has 1 aromatic heterocycles. The Labute approximate surface area is 130 Å². The van der Waals surface area contributed by atoms with Crippen molar-refractivity contribution in [3.05, 3.63) is 46.0 Å². The highest BCUT2D eigenvalue weighted by atomic mass is 35.5. The number of carbonyl (C=O) groups is 1. The fourth-order valence-corrected chi connectivity index (χ4v) is 2.42. The molecule has 5 nitrogen and oxygen atoms in total. The molecule has 0 saturated carbocycles. The van der Waals surface area contributed by atoms with Gasteiger partial charge in [-0.2, -0.15) is 0 Å². The average molecular weight is 325 g/mol. The first kappa shape index (κ1) is 14.0. The summed E-state index contributed by atoms with van der Waals surface area (Å²) in [5.41, 5.74) is 1.07. The van der Waals surface area contributed by atoms with Crippen LogP contribution in [-0.2, 0) is 7.05 Å². The van der Waals surface area contributed by atoms with Crippen LogP contribution < -0.4 is 9.47 Å². The van der Waals surface area contributed by atoms with E-state index in [0.717, 1.165) is 0 Å². The van der Waals surface area contributed by atoms with Crippen LogP contribution in [0.5, 0.6) is 11.5 Å². The summed E-state index contributed by atoms with van der Waals surface area (Å²) >= 11 is 11.8. The van der Waals surface area contributed by atoms with E-state index < -0.39 is 0 Å². The number of ether oxygens (including phenoxy) is 2. The number of hydrogen-bond donors (Lipinski definition) is 0. The number of nitrogens with zero attached hydrogens (tertiary/aromatic N) is 2. The normalized spacial score (nSPS) is 13.1. The van der Waals surface area contributed by atoms with Gasteiger partial charge in [0.15, 0.2) is 22.4 Å². The van der Waals surface area contributed by atoms with Crippen LogP contribution in [0.15, 0.2) is 24.3 Å². The van der Waals surface area contributed by atoms with Gasteiger partial charge in [0.05, 0.1) is 5.69 Å². The Morgan fingerprint density at radius 2 is 2.10 bits per heavy atom. The van der Waals surface area contributed by atoms with Crippen molar-refractivity contribution < 1.29 is 14.3 Å². The van der Waals surface area contributed by atoms with E-state index in [1.807, 2.05) is 0 Å². The molecule has 2 aromatic rings. The third kappa shape index (κ3) is 2.62.